The summed E-state index contributed by atoms with van der Waals surface area (Å²) in [6, 6.07) is 7.72. The van der Waals surface area contributed by atoms with Gasteiger partial charge in [-0.2, -0.15) is 5.26 Å². The fourth-order valence-corrected chi connectivity index (χ4v) is 2.57. The Hall–Kier alpha value is -2.32. The van der Waals surface area contributed by atoms with E-state index in [1.807, 2.05) is 24.5 Å². The van der Waals surface area contributed by atoms with Crippen LogP contribution in [0, 0.1) is 11.3 Å². The summed E-state index contributed by atoms with van der Waals surface area (Å²) in [5, 5.41) is 9.02. The third-order valence-electron chi connectivity index (χ3n) is 3.63. The summed E-state index contributed by atoms with van der Waals surface area (Å²) in [6.07, 6.45) is 3.86. The number of aromatic nitrogens is 2. The number of nitriles is 1. The summed E-state index contributed by atoms with van der Waals surface area (Å²) in [7, 11) is 1.66. The van der Waals surface area contributed by atoms with Gasteiger partial charge in [-0.3, -0.25) is 4.90 Å². The van der Waals surface area contributed by atoms with E-state index in [9.17, 15) is 0 Å². The van der Waals surface area contributed by atoms with Crippen LogP contribution in [0.3, 0.4) is 0 Å². The Morgan fingerprint density at radius 2 is 2.30 bits per heavy atom. The zero-order valence-electron chi connectivity index (χ0n) is 11.4. The van der Waals surface area contributed by atoms with E-state index < -0.39 is 0 Å². The van der Waals surface area contributed by atoms with Crippen molar-refractivity contribution >= 4 is 0 Å². The largest absolute Gasteiger partial charge is 0.496 e. The maximum Gasteiger partial charge on any atom is 0.123 e. The van der Waals surface area contributed by atoms with Gasteiger partial charge in [-0.05, 0) is 18.2 Å². The van der Waals surface area contributed by atoms with Crippen LogP contribution < -0.4 is 4.74 Å². The molecule has 1 aromatic heterocycles. The molecule has 2 heterocycles. The van der Waals surface area contributed by atoms with E-state index >= 15 is 0 Å². The molecule has 1 aliphatic heterocycles. The van der Waals surface area contributed by atoms with Gasteiger partial charge in [0.2, 0.25) is 0 Å². The van der Waals surface area contributed by atoms with Gasteiger partial charge < -0.3 is 9.30 Å². The van der Waals surface area contributed by atoms with Crippen LogP contribution in [0.5, 0.6) is 5.75 Å². The fourth-order valence-electron chi connectivity index (χ4n) is 2.57. The number of benzene rings is 1. The van der Waals surface area contributed by atoms with Crippen molar-refractivity contribution in [2.24, 2.45) is 0 Å². The minimum Gasteiger partial charge on any atom is -0.496 e. The molecule has 0 N–H and O–H groups in total. The van der Waals surface area contributed by atoms with E-state index in [1.165, 1.54) is 0 Å². The predicted octanol–water partition coefficient (Wildman–Crippen LogP) is 1.78. The summed E-state index contributed by atoms with van der Waals surface area (Å²) in [5.41, 5.74) is 1.71. The SMILES string of the molecule is COc1ccc(C#N)cc1CN1CCn2ccnc2C1. The first-order valence-electron chi connectivity index (χ1n) is 6.59. The number of ether oxygens (including phenoxy) is 1. The van der Waals surface area contributed by atoms with Crippen LogP contribution in [0.25, 0.3) is 0 Å². The van der Waals surface area contributed by atoms with E-state index in [0.717, 1.165) is 43.3 Å². The van der Waals surface area contributed by atoms with Crippen LogP contribution in [0.2, 0.25) is 0 Å². The molecule has 0 amide bonds. The van der Waals surface area contributed by atoms with Gasteiger partial charge >= 0.3 is 0 Å². The topological polar surface area (TPSA) is 54.1 Å². The Kier molecular flexibility index (Phi) is 3.40. The lowest BCUT2D eigenvalue weighted by Crippen LogP contribution is -2.33. The second kappa shape index (κ2) is 5.35. The minimum absolute atomic E-state index is 0.666. The normalized spacial score (nSPS) is 14.6. The average Bonchev–Trinajstić information content (AvgIpc) is 2.94. The summed E-state index contributed by atoms with van der Waals surface area (Å²) in [6.45, 7) is 3.53. The van der Waals surface area contributed by atoms with Gasteiger partial charge in [0.05, 0.1) is 25.3 Å². The first-order valence-corrected chi connectivity index (χ1v) is 6.59. The number of methoxy groups -OCH3 is 1. The molecule has 5 nitrogen and oxygen atoms in total. The van der Waals surface area contributed by atoms with Crippen LogP contribution in [0.4, 0.5) is 0 Å². The molecule has 0 aliphatic carbocycles. The quantitative estimate of drug-likeness (QED) is 0.851. The summed E-state index contributed by atoms with van der Waals surface area (Å²) < 4.78 is 7.56. The van der Waals surface area contributed by atoms with Gasteiger partial charge in [-0.15, -0.1) is 0 Å². The second-order valence-corrected chi connectivity index (χ2v) is 4.89. The summed E-state index contributed by atoms with van der Waals surface area (Å²) >= 11 is 0. The van der Waals surface area contributed by atoms with Crippen molar-refractivity contribution in [1.29, 1.82) is 5.26 Å². The van der Waals surface area contributed by atoms with Crippen LogP contribution in [0.1, 0.15) is 17.0 Å². The lowest BCUT2D eigenvalue weighted by molar-refractivity contribution is 0.206. The van der Waals surface area contributed by atoms with Gasteiger partial charge in [0.25, 0.3) is 0 Å². The molecule has 0 saturated carbocycles. The number of hydrogen-bond donors (Lipinski definition) is 0. The lowest BCUT2D eigenvalue weighted by Gasteiger charge is -2.28. The van der Waals surface area contributed by atoms with Crippen molar-refractivity contribution in [1.82, 2.24) is 14.5 Å². The molecule has 0 fully saturated rings. The van der Waals surface area contributed by atoms with Crippen LogP contribution in [0.15, 0.2) is 30.6 Å². The molecule has 3 rings (SSSR count). The van der Waals surface area contributed by atoms with E-state index in [0.29, 0.717) is 5.56 Å². The third-order valence-corrected chi connectivity index (χ3v) is 3.63. The zero-order valence-corrected chi connectivity index (χ0v) is 11.4. The molecule has 0 unspecified atom stereocenters. The highest BCUT2D eigenvalue weighted by molar-refractivity contribution is 5.42. The van der Waals surface area contributed by atoms with Gasteiger partial charge in [0.15, 0.2) is 0 Å². The van der Waals surface area contributed by atoms with Crippen molar-refractivity contribution in [3.63, 3.8) is 0 Å². The molecule has 0 bridgehead atoms. The number of fused-ring (bicyclic) bond motifs is 1. The molecule has 102 valence electrons. The Morgan fingerprint density at radius 3 is 3.10 bits per heavy atom. The molecule has 5 heteroatoms. The standard InChI is InChI=1S/C15H16N4O/c1-20-14-3-2-12(9-16)8-13(14)10-18-6-7-19-5-4-17-15(19)11-18/h2-5,8H,6-7,10-11H2,1H3. The number of rotatable bonds is 3. The molecule has 1 aromatic carbocycles. The van der Waals surface area contributed by atoms with Crippen molar-refractivity contribution in [3.05, 3.63) is 47.5 Å². The highest BCUT2D eigenvalue weighted by Crippen LogP contribution is 2.23. The van der Waals surface area contributed by atoms with Gasteiger partial charge in [-0.25, -0.2) is 4.98 Å². The lowest BCUT2D eigenvalue weighted by atomic mass is 10.1. The van der Waals surface area contributed by atoms with Crippen LogP contribution in [-0.2, 0) is 19.6 Å². The molecule has 0 atom stereocenters. The van der Waals surface area contributed by atoms with Crippen molar-refractivity contribution in [2.45, 2.75) is 19.6 Å². The highest BCUT2D eigenvalue weighted by atomic mass is 16.5. The van der Waals surface area contributed by atoms with E-state index in [2.05, 4.69) is 20.5 Å². The van der Waals surface area contributed by atoms with Crippen molar-refractivity contribution in [2.75, 3.05) is 13.7 Å². The molecule has 0 spiro atoms. The van der Waals surface area contributed by atoms with E-state index in [1.54, 1.807) is 13.2 Å². The third kappa shape index (κ3) is 2.38. The van der Waals surface area contributed by atoms with Gasteiger partial charge in [0.1, 0.15) is 11.6 Å². The Morgan fingerprint density at radius 1 is 1.40 bits per heavy atom. The van der Waals surface area contributed by atoms with Crippen molar-refractivity contribution in [3.8, 4) is 11.8 Å². The average molecular weight is 268 g/mol. The van der Waals surface area contributed by atoms with Crippen molar-refractivity contribution < 1.29 is 4.74 Å². The number of hydrogen-bond acceptors (Lipinski definition) is 4. The molecule has 1 aliphatic rings. The Balaban J connectivity index is 1.80. The predicted molar refractivity (Wildman–Crippen MR) is 74.1 cm³/mol. The van der Waals surface area contributed by atoms with Crippen LogP contribution in [-0.4, -0.2) is 28.1 Å². The monoisotopic (exact) mass is 268 g/mol. The van der Waals surface area contributed by atoms with E-state index in [-0.39, 0.29) is 0 Å². The first-order chi connectivity index (χ1) is 9.80. The first kappa shape index (κ1) is 12.7. The summed E-state index contributed by atoms with van der Waals surface area (Å²) in [4.78, 5) is 6.68. The summed E-state index contributed by atoms with van der Waals surface area (Å²) in [5.74, 6) is 1.92. The fraction of sp³-hybridized carbons (Fsp3) is 0.333. The highest BCUT2D eigenvalue weighted by Gasteiger charge is 2.18. The molecule has 0 saturated heterocycles. The van der Waals surface area contributed by atoms with Crippen LogP contribution >= 0.6 is 0 Å². The number of nitrogens with zero attached hydrogens (tertiary/aromatic N) is 4. The van der Waals surface area contributed by atoms with Gasteiger partial charge in [0, 0.05) is 37.6 Å². The zero-order chi connectivity index (χ0) is 13.9. The molecular weight excluding hydrogens is 252 g/mol. The Labute approximate surface area is 118 Å². The maximum absolute atomic E-state index is 9.02. The molecule has 20 heavy (non-hydrogen) atoms. The van der Waals surface area contributed by atoms with E-state index in [4.69, 9.17) is 10.00 Å². The molecular formula is C15H16N4O. The Bertz CT molecular complexity index is 656. The van der Waals surface area contributed by atoms with Gasteiger partial charge in [-0.1, -0.05) is 0 Å². The maximum atomic E-state index is 9.02. The molecule has 2 aromatic rings. The smallest absolute Gasteiger partial charge is 0.123 e. The molecule has 0 radical (unpaired) electrons. The minimum atomic E-state index is 0.666. The number of imidazole rings is 1. The second-order valence-electron chi connectivity index (χ2n) is 4.89.